The van der Waals surface area contributed by atoms with Gasteiger partial charge in [0.05, 0.1) is 10.7 Å². The van der Waals surface area contributed by atoms with E-state index in [1.54, 1.807) is 11.0 Å². The normalized spacial score (nSPS) is 16.3. The number of nitrogens with two attached hydrogens (primary N) is 1. The summed E-state index contributed by atoms with van der Waals surface area (Å²) in [5.41, 5.74) is 6.65. The Bertz CT molecular complexity index is 680. The van der Waals surface area contributed by atoms with E-state index in [1.807, 2.05) is 19.2 Å². The van der Waals surface area contributed by atoms with Gasteiger partial charge in [0.1, 0.15) is 4.88 Å². The van der Waals surface area contributed by atoms with Crippen LogP contribution in [-0.4, -0.2) is 37.1 Å². The van der Waals surface area contributed by atoms with Crippen LogP contribution in [0.25, 0.3) is 10.1 Å². The summed E-state index contributed by atoms with van der Waals surface area (Å²) in [5.74, 6) is -0.0309. The van der Waals surface area contributed by atoms with Crippen molar-refractivity contribution in [3.8, 4) is 0 Å². The van der Waals surface area contributed by atoms with Crippen molar-refractivity contribution in [1.82, 2.24) is 4.90 Å². The Hall–Kier alpha value is -1.30. The van der Waals surface area contributed by atoms with Crippen LogP contribution in [0, 0.1) is 0 Å². The quantitative estimate of drug-likeness (QED) is 0.921. The van der Waals surface area contributed by atoms with Gasteiger partial charge in [-0.3, -0.25) is 4.79 Å². The predicted molar refractivity (Wildman–Crippen MR) is 87.2 cm³/mol. The number of amides is 1. The zero-order valence-electron chi connectivity index (χ0n) is 11.8. The maximum absolute atomic E-state index is 12.7. The first-order valence-electron chi connectivity index (χ1n) is 6.91. The molecule has 2 heterocycles. The molecule has 1 amide bonds. The fourth-order valence-corrected chi connectivity index (χ4v) is 4.15. The molecule has 3 rings (SSSR count). The van der Waals surface area contributed by atoms with Crippen molar-refractivity contribution in [2.24, 2.45) is 0 Å². The third-order valence-corrected chi connectivity index (χ3v) is 5.43. The highest BCUT2D eigenvalue weighted by atomic mass is 35.5. The lowest BCUT2D eigenvalue weighted by Gasteiger charge is -2.31. The molecule has 2 aromatic rings. The number of nitrogens with zero attached hydrogens (tertiary/aromatic N) is 1. The fraction of sp³-hybridized carbons (Fsp3) is 0.400. The lowest BCUT2D eigenvalue weighted by Crippen LogP contribution is -2.40. The van der Waals surface area contributed by atoms with Crippen LogP contribution in [-0.2, 0) is 4.74 Å². The highest BCUT2D eigenvalue weighted by Crippen LogP contribution is 2.38. The van der Waals surface area contributed by atoms with Crippen LogP contribution in [0.15, 0.2) is 18.2 Å². The number of hydrogen-bond acceptors (Lipinski definition) is 4. The average molecular weight is 325 g/mol. The smallest absolute Gasteiger partial charge is 0.266 e. The Kier molecular flexibility index (Phi) is 4.06. The van der Waals surface area contributed by atoms with Gasteiger partial charge in [0, 0.05) is 36.4 Å². The molecule has 1 saturated heterocycles. The Balaban J connectivity index is 1.94. The minimum atomic E-state index is -0.0309. The number of rotatable bonds is 2. The summed E-state index contributed by atoms with van der Waals surface area (Å²) < 4.78 is 6.29. The van der Waals surface area contributed by atoms with Gasteiger partial charge >= 0.3 is 0 Å². The zero-order valence-corrected chi connectivity index (χ0v) is 13.3. The Labute approximate surface area is 132 Å². The van der Waals surface area contributed by atoms with Crippen molar-refractivity contribution in [2.75, 3.05) is 26.0 Å². The Morgan fingerprint density at radius 1 is 1.43 bits per heavy atom. The molecule has 0 radical (unpaired) electrons. The van der Waals surface area contributed by atoms with Gasteiger partial charge in [-0.05, 0) is 25.0 Å². The van der Waals surface area contributed by atoms with E-state index in [9.17, 15) is 4.79 Å². The second-order valence-corrected chi connectivity index (χ2v) is 6.68. The van der Waals surface area contributed by atoms with Gasteiger partial charge < -0.3 is 15.4 Å². The molecule has 1 aliphatic rings. The standard InChI is InChI=1S/C15H17ClN2O2S/c1-18(9-5-7-20-8-6-9)15(19)14-13(17)12-10(16)3-2-4-11(12)21-14/h2-4,9H,5-8,17H2,1H3. The number of anilines is 1. The number of benzene rings is 1. The maximum atomic E-state index is 12.7. The van der Waals surface area contributed by atoms with Crippen molar-refractivity contribution in [3.05, 3.63) is 28.1 Å². The third-order valence-electron chi connectivity index (χ3n) is 3.95. The van der Waals surface area contributed by atoms with E-state index in [1.165, 1.54) is 11.3 Å². The van der Waals surface area contributed by atoms with E-state index in [2.05, 4.69) is 0 Å². The van der Waals surface area contributed by atoms with Crippen LogP contribution in [0.4, 0.5) is 5.69 Å². The molecule has 4 nitrogen and oxygen atoms in total. The molecule has 0 unspecified atom stereocenters. The van der Waals surface area contributed by atoms with Gasteiger partial charge in [-0.2, -0.15) is 0 Å². The molecule has 0 saturated carbocycles. The van der Waals surface area contributed by atoms with Gasteiger partial charge in [0.2, 0.25) is 0 Å². The van der Waals surface area contributed by atoms with Gasteiger partial charge in [0.15, 0.2) is 0 Å². The number of carbonyl (C=O) groups excluding carboxylic acids is 1. The molecule has 6 heteroatoms. The molecule has 1 aromatic heterocycles. The first-order valence-corrected chi connectivity index (χ1v) is 8.10. The third kappa shape index (κ3) is 2.61. The fourth-order valence-electron chi connectivity index (χ4n) is 2.69. The molecule has 21 heavy (non-hydrogen) atoms. The van der Waals surface area contributed by atoms with Crippen LogP contribution in [0.5, 0.6) is 0 Å². The predicted octanol–water partition coefficient (Wildman–Crippen LogP) is 3.39. The van der Waals surface area contributed by atoms with Gasteiger partial charge in [-0.15, -0.1) is 11.3 Å². The van der Waals surface area contributed by atoms with Crippen molar-refractivity contribution >= 4 is 44.6 Å². The van der Waals surface area contributed by atoms with Crippen molar-refractivity contribution in [2.45, 2.75) is 18.9 Å². The largest absolute Gasteiger partial charge is 0.397 e. The topological polar surface area (TPSA) is 55.6 Å². The van der Waals surface area contributed by atoms with E-state index in [-0.39, 0.29) is 11.9 Å². The molecule has 0 aliphatic carbocycles. The van der Waals surface area contributed by atoms with Crippen LogP contribution in [0.2, 0.25) is 5.02 Å². The highest BCUT2D eigenvalue weighted by Gasteiger charge is 2.27. The maximum Gasteiger partial charge on any atom is 0.266 e. The number of hydrogen-bond donors (Lipinski definition) is 1. The lowest BCUT2D eigenvalue weighted by molar-refractivity contribution is 0.0365. The number of thiophene rings is 1. The molecular weight excluding hydrogens is 308 g/mol. The van der Waals surface area contributed by atoms with Crippen LogP contribution < -0.4 is 5.73 Å². The number of halogens is 1. The summed E-state index contributed by atoms with van der Waals surface area (Å²) in [6, 6.07) is 5.82. The second kappa shape index (κ2) is 5.83. The van der Waals surface area contributed by atoms with E-state index in [4.69, 9.17) is 22.1 Å². The van der Waals surface area contributed by atoms with E-state index in [0.717, 1.165) is 22.9 Å². The van der Waals surface area contributed by atoms with Crippen LogP contribution in [0.1, 0.15) is 22.5 Å². The Morgan fingerprint density at radius 2 is 2.14 bits per heavy atom. The van der Waals surface area contributed by atoms with E-state index >= 15 is 0 Å². The lowest BCUT2D eigenvalue weighted by atomic mass is 10.1. The summed E-state index contributed by atoms with van der Waals surface area (Å²) in [4.78, 5) is 15.1. The Morgan fingerprint density at radius 3 is 2.81 bits per heavy atom. The number of fused-ring (bicyclic) bond motifs is 1. The second-order valence-electron chi connectivity index (χ2n) is 5.22. The number of nitrogen functional groups attached to an aromatic ring is 1. The summed E-state index contributed by atoms with van der Waals surface area (Å²) in [5, 5.41) is 1.38. The minimum absolute atomic E-state index is 0.0309. The summed E-state index contributed by atoms with van der Waals surface area (Å²) in [6.45, 7) is 1.41. The molecule has 1 fully saturated rings. The molecule has 112 valence electrons. The molecule has 0 spiro atoms. The molecule has 0 bridgehead atoms. The van der Waals surface area contributed by atoms with Gasteiger partial charge in [-0.25, -0.2) is 0 Å². The molecule has 1 aliphatic heterocycles. The minimum Gasteiger partial charge on any atom is -0.397 e. The first-order chi connectivity index (χ1) is 10.1. The van der Waals surface area contributed by atoms with Gasteiger partial charge in [0.25, 0.3) is 5.91 Å². The van der Waals surface area contributed by atoms with E-state index < -0.39 is 0 Å². The summed E-state index contributed by atoms with van der Waals surface area (Å²) >= 11 is 7.60. The monoisotopic (exact) mass is 324 g/mol. The van der Waals surface area contributed by atoms with Crippen LogP contribution >= 0.6 is 22.9 Å². The van der Waals surface area contributed by atoms with Gasteiger partial charge in [-0.1, -0.05) is 17.7 Å². The van der Waals surface area contributed by atoms with Crippen molar-refractivity contribution in [1.29, 1.82) is 0 Å². The number of ether oxygens (including phenoxy) is 1. The molecule has 2 N–H and O–H groups in total. The molecule has 1 aromatic carbocycles. The number of carbonyl (C=O) groups is 1. The molecular formula is C15H17ClN2O2S. The summed E-state index contributed by atoms with van der Waals surface area (Å²) in [7, 11) is 1.84. The zero-order chi connectivity index (χ0) is 15.0. The SMILES string of the molecule is CN(C(=O)c1sc2cccc(Cl)c2c1N)C1CCOCC1. The van der Waals surface area contributed by atoms with Crippen molar-refractivity contribution in [3.63, 3.8) is 0 Å². The van der Waals surface area contributed by atoms with Crippen molar-refractivity contribution < 1.29 is 9.53 Å². The highest BCUT2D eigenvalue weighted by molar-refractivity contribution is 7.21. The first kappa shape index (κ1) is 14.6. The molecule has 0 atom stereocenters. The van der Waals surface area contributed by atoms with Crippen LogP contribution in [0.3, 0.4) is 0 Å². The van der Waals surface area contributed by atoms with E-state index in [0.29, 0.717) is 28.8 Å². The average Bonchev–Trinajstić information content (AvgIpc) is 2.85. The summed E-state index contributed by atoms with van der Waals surface area (Å²) in [6.07, 6.45) is 1.74.